The number of nitrogens with one attached hydrogen (secondary N) is 1. The Kier molecular flexibility index (Phi) is 4.22. The van der Waals surface area contributed by atoms with Crippen molar-refractivity contribution in [3.05, 3.63) is 21.1 Å². The first-order chi connectivity index (χ1) is 8.78. The summed E-state index contributed by atoms with van der Waals surface area (Å²) in [6.45, 7) is 0. The van der Waals surface area contributed by atoms with Crippen molar-refractivity contribution in [1.82, 2.24) is 0 Å². The first-order valence-corrected chi connectivity index (χ1v) is 8.95. The maximum Gasteiger partial charge on any atom is 0.228 e. The number of halogens is 2. The predicted molar refractivity (Wildman–Crippen MR) is 81.6 cm³/mol. The van der Waals surface area contributed by atoms with Gasteiger partial charge in [0.05, 0.1) is 23.1 Å². The second-order valence-electron chi connectivity index (χ2n) is 4.45. The van der Waals surface area contributed by atoms with Gasteiger partial charge in [0.25, 0.3) is 0 Å². The van der Waals surface area contributed by atoms with E-state index in [-0.39, 0.29) is 17.4 Å². The van der Waals surface area contributed by atoms with Crippen molar-refractivity contribution in [2.75, 3.05) is 22.6 Å². The molecule has 1 atom stereocenters. The van der Waals surface area contributed by atoms with Gasteiger partial charge in [-0.25, -0.2) is 8.42 Å². The lowest BCUT2D eigenvalue weighted by atomic mass is 10.1. The summed E-state index contributed by atoms with van der Waals surface area (Å²) < 4.78 is 24.0. The normalized spacial score (nSPS) is 21.3. The van der Waals surface area contributed by atoms with Crippen LogP contribution in [0.3, 0.4) is 0 Å². The van der Waals surface area contributed by atoms with Gasteiger partial charge in [0.15, 0.2) is 9.84 Å². The number of anilines is 2. The Hall–Kier alpha value is -0.600. The Morgan fingerprint density at radius 1 is 1.32 bits per heavy atom. The molecule has 1 saturated heterocycles. The van der Waals surface area contributed by atoms with Crippen LogP contribution in [-0.4, -0.2) is 25.8 Å². The number of benzene rings is 1. The van der Waals surface area contributed by atoms with Crippen LogP contribution >= 0.6 is 31.9 Å². The number of hydrogen-bond donors (Lipinski definition) is 2. The largest absolute Gasteiger partial charge is 0.399 e. The van der Waals surface area contributed by atoms with E-state index < -0.39 is 15.8 Å². The molecule has 1 aromatic rings. The lowest BCUT2D eigenvalue weighted by Crippen LogP contribution is -2.24. The number of nitrogens with two attached hydrogens (primary N) is 1. The molecule has 1 unspecified atom stereocenters. The van der Waals surface area contributed by atoms with E-state index in [1.165, 1.54) is 0 Å². The van der Waals surface area contributed by atoms with E-state index in [2.05, 4.69) is 37.2 Å². The highest BCUT2D eigenvalue weighted by molar-refractivity contribution is 9.11. The van der Waals surface area contributed by atoms with Gasteiger partial charge in [-0.05, 0) is 50.4 Å². The summed E-state index contributed by atoms with van der Waals surface area (Å²) in [5, 5.41) is 2.73. The van der Waals surface area contributed by atoms with Crippen LogP contribution in [-0.2, 0) is 14.6 Å². The number of carbonyl (C=O) groups is 1. The lowest BCUT2D eigenvalue weighted by Gasteiger charge is -2.13. The number of hydrogen-bond acceptors (Lipinski definition) is 4. The molecule has 3 N–H and O–H groups in total. The quantitative estimate of drug-likeness (QED) is 0.729. The number of sulfone groups is 1. The van der Waals surface area contributed by atoms with Gasteiger partial charge in [0.2, 0.25) is 5.91 Å². The molecule has 8 heteroatoms. The molecule has 0 aliphatic carbocycles. The highest BCUT2D eigenvalue weighted by Crippen LogP contribution is 2.34. The lowest BCUT2D eigenvalue weighted by molar-refractivity contribution is -0.119. The van der Waals surface area contributed by atoms with Crippen molar-refractivity contribution in [2.24, 2.45) is 5.92 Å². The molecule has 2 rings (SSSR count). The van der Waals surface area contributed by atoms with Crippen molar-refractivity contribution in [1.29, 1.82) is 0 Å². The Bertz CT molecular complexity index is 608. The summed E-state index contributed by atoms with van der Waals surface area (Å²) >= 11 is 6.63. The van der Waals surface area contributed by atoms with Crippen LogP contribution in [0.5, 0.6) is 0 Å². The predicted octanol–water partition coefficient (Wildman–Crippen LogP) is 2.17. The Morgan fingerprint density at radius 2 is 1.89 bits per heavy atom. The molecule has 1 heterocycles. The first-order valence-electron chi connectivity index (χ1n) is 5.54. The zero-order chi connectivity index (χ0) is 14.2. The Labute approximate surface area is 128 Å². The van der Waals surface area contributed by atoms with Gasteiger partial charge in [-0.1, -0.05) is 0 Å². The average Bonchev–Trinajstić information content (AvgIpc) is 2.64. The third kappa shape index (κ3) is 3.49. The van der Waals surface area contributed by atoms with Crippen molar-refractivity contribution < 1.29 is 13.2 Å². The zero-order valence-electron chi connectivity index (χ0n) is 9.82. The second-order valence-corrected chi connectivity index (χ2v) is 8.39. The fraction of sp³-hybridized carbons (Fsp3) is 0.364. The van der Waals surface area contributed by atoms with E-state index in [9.17, 15) is 13.2 Å². The molecule has 104 valence electrons. The van der Waals surface area contributed by atoms with Crippen molar-refractivity contribution in [2.45, 2.75) is 6.42 Å². The zero-order valence-corrected chi connectivity index (χ0v) is 13.8. The van der Waals surface area contributed by atoms with Crippen LogP contribution in [0.2, 0.25) is 0 Å². The standard InChI is InChI=1S/C11H12Br2N2O3S/c12-8-3-7(14)4-9(13)10(8)15-11(16)6-1-2-19(17,18)5-6/h3-4,6H,1-2,5,14H2,(H,15,16). The number of amides is 1. The molecule has 1 amide bonds. The summed E-state index contributed by atoms with van der Waals surface area (Å²) in [7, 11) is -3.06. The van der Waals surface area contributed by atoms with E-state index in [1.54, 1.807) is 12.1 Å². The van der Waals surface area contributed by atoms with E-state index in [0.29, 0.717) is 26.7 Å². The van der Waals surface area contributed by atoms with Crippen LogP contribution in [0.4, 0.5) is 11.4 Å². The highest BCUT2D eigenvalue weighted by Gasteiger charge is 2.33. The van der Waals surface area contributed by atoms with Crippen LogP contribution in [0.25, 0.3) is 0 Å². The molecule has 0 aromatic heterocycles. The van der Waals surface area contributed by atoms with E-state index in [4.69, 9.17) is 5.73 Å². The summed E-state index contributed by atoms with van der Waals surface area (Å²) in [6.07, 6.45) is 0.373. The molecule has 19 heavy (non-hydrogen) atoms. The molecule has 1 aliphatic rings. The number of carbonyl (C=O) groups excluding carboxylic acids is 1. The molecular weight excluding hydrogens is 400 g/mol. The molecule has 0 saturated carbocycles. The summed E-state index contributed by atoms with van der Waals surface area (Å²) in [5.41, 5.74) is 6.78. The van der Waals surface area contributed by atoms with Gasteiger partial charge in [-0.15, -0.1) is 0 Å². The third-order valence-electron chi connectivity index (χ3n) is 2.92. The second kappa shape index (κ2) is 5.41. The summed E-state index contributed by atoms with van der Waals surface area (Å²) in [4.78, 5) is 12.0. The Morgan fingerprint density at radius 3 is 2.37 bits per heavy atom. The fourth-order valence-corrected chi connectivity index (χ4v) is 5.10. The van der Waals surface area contributed by atoms with E-state index >= 15 is 0 Å². The third-order valence-corrected chi connectivity index (χ3v) is 5.93. The molecule has 1 aliphatic heterocycles. The minimum atomic E-state index is -3.06. The van der Waals surface area contributed by atoms with Gasteiger partial charge in [-0.3, -0.25) is 4.79 Å². The summed E-state index contributed by atoms with van der Waals surface area (Å²) in [6, 6.07) is 3.34. The van der Waals surface area contributed by atoms with Crippen molar-refractivity contribution in [3.8, 4) is 0 Å². The monoisotopic (exact) mass is 410 g/mol. The maximum atomic E-state index is 12.0. The number of rotatable bonds is 2. The van der Waals surface area contributed by atoms with Crippen molar-refractivity contribution in [3.63, 3.8) is 0 Å². The van der Waals surface area contributed by atoms with Gasteiger partial charge in [0.1, 0.15) is 0 Å². The molecule has 0 spiro atoms. The van der Waals surface area contributed by atoms with Gasteiger partial charge in [0, 0.05) is 14.6 Å². The van der Waals surface area contributed by atoms with Gasteiger partial charge in [-0.2, -0.15) is 0 Å². The molecule has 1 aromatic carbocycles. The van der Waals surface area contributed by atoms with E-state index in [1.807, 2.05) is 0 Å². The van der Waals surface area contributed by atoms with Crippen molar-refractivity contribution >= 4 is 59.0 Å². The van der Waals surface area contributed by atoms with E-state index in [0.717, 1.165) is 0 Å². The fourth-order valence-electron chi connectivity index (χ4n) is 1.94. The summed E-state index contributed by atoms with van der Waals surface area (Å²) in [5.74, 6) is -0.772. The molecule has 0 radical (unpaired) electrons. The SMILES string of the molecule is Nc1cc(Br)c(NC(=O)C2CCS(=O)(=O)C2)c(Br)c1. The number of nitrogen functional groups attached to an aromatic ring is 1. The molecule has 0 bridgehead atoms. The Balaban J connectivity index is 2.16. The maximum absolute atomic E-state index is 12.0. The van der Waals surface area contributed by atoms with Gasteiger partial charge >= 0.3 is 0 Å². The smallest absolute Gasteiger partial charge is 0.228 e. The molecule has 5 nitrogen and oxygen atoms in total. The van der Waals surface area contributed by atoms with Crippen LogP contribution in [0.15, 0.2) is 21.1 Å². The highest BCUT2D eigenvalue weighted by atomic mass is 79.9. The van der Waals surface area contributed by atoms with Crippen LogP contribution < -0.4 is 11.1 Å². The molecule has 1 fully saturated rings. The average molecular weight is 412 g/mol. The van der Waals surface area contributed by atoms with Crippen LogP contribution in [0.1, 0.15) is 6.42 Å². The molecular formula is C11H12Br2N2O3S. The minimum Gasteiger partial charge on any atom is -0.399 e. The topological polar surface area (TPSA) is 89.3 Å². The van der Waals surface area contributed by atoms with Gasteiger partial charge < -0.3 is 11.1 Å². The first kappa shape index (κ1) is 14.8. The minimum absolute atomic E-state index is 0.0785. The van der Waals surface area contributed by atoms with Crippen LogP contribution in [0, 0.1) is 5.92 Å².